The van der Waals surface area contributed by atoms with Crippen molar-refractivity contribution in [3.05, 3.63) is 0 Å². The highest BCUT2D eigenvalue weighted by Crippen LogP contribution is 1.81. The molecule has 0 rings (SSSR count). The SMILES string of the molecule is O=S(=O)(O)[SH3]. The second-order valence-corrected chi connectivity index (χ2v) is 3.33. The zero-order valence-electron chi connectivity index (χ0n) is 2.25. The minimum atomic E-state index is -3.75. The first-order chi connectivity index (χ1) is 2.00. The normalized spacial score (nSPS) is 12.6. The van der Waals surface area contributed by atoms with E-state index >= 15 is 0 Å². The summed E-state index contributed by atoms with van der Waals surface area (Å²) in [4.78, 5) is 0. The van der Waals surface area contributed by atoms with E-state index in [1.807, 2.05) is 0 Å². The molecule has 0 aliphatic rings. The van der Waals surface area contributed by atoms with Crippen molar-refractivity contribution in [3.63, 3.8) is 0 Å². The van der Waals surface area contributed by atoms with Gasteiger partial charge >= 0.3 is 0 Å². The van der Waals surface area contributed by atoms with Gasteiger partial charge < -0.3 is 0 Å². The highest BCUT2D eigenvalue weighted by molar-refractivity contribution is 8.61. The molecule has 0 bridgehead atoms. The molecule has 0 saturated heterocycles. The topological polar surface area (TPSA) is 54.4 Å². The summed E-state index contributed by atoms with van der Waals surface area (Å²) in [6.07, 6.45) is 0. The van der Waals surface area contributed by atoms with Crippen molar-refractivity contribution < 1.29 is 13.0 Å². The first-order valence-corrected chi connectivity index (χ1v) is 3.67. The Labute approximate surface area is 34.6 Å². The molecule has 0 aromatic carbocycles. The maximum absolute atomic E-state index is 9.15. The summed E-state index contributed by atoms with van der Waals surface area (Å²) in [5, 5.41) is 0. The van der Waals surface area contributed by atoms with Crippen LogP contribution in [0.15, 0.2) is 0 Å². The van der Waals surface area contributed by atoms with Crippen molar-refractivity contribution in [3.8, 4) is 0 Å². The van der Waals surface area contributed by atoms with Crippen LogP contribution in [0.5, 0.6) is 0 Å². The Bertz CT molecular complexity index is 88.1. The summed E-state index contributed by atoms with van der Waals surface area (Å²) >= 11 is 1.24. The Kier molecular flexibility index (Phi) is 1.22. The number of hydrogen-bond acceptors (Lipinski definition) is 2. The Morgan fingerprint density at radius 2 is 1.60 bits per heavy atom. The van der Waals surface area contributed by atoms with Crippen LogP contribution in [-0.4, -0.2) is 13.0 Å². The van der Waals surface area contributed by atoms with Gasteiger partial charge in [-0.2, -0.15) is 20.1 Å². The van der Waals surface area contributed by atoms with Gasteiger partial charge in [-0.3, -0.25) is 4.55 Å². The maximum Gasteiger partial charge on any atom is 0.294 e. The third-order valence-corrected chi connectivity index (χ3v) is 0. The van der Waals surface area contributed by atoms with E-state index < -0.39 is 9.15 Å². The summed E-state index contributed by atoms with van der Waals surface area (Å²) in [5.41, 5.74) is 0. The fourth-order valence-corrected chi connectivity index (χ4v) is 0. The van der Waals surface area contributed by atoms with Gasteiger partial charge in [0.15, 0.2) is 0 Å². The molecule has 0 saturated carbocycles. The minimum Gasteiger partial charge on any atom is -0.279 e. The minimum absolute atomic E-state index is 1.24. The van der Waals surface area contributed by atoms with E-state index in [2.05, 4.69) is 0 Å². The standard InChI is InChI=1S/H4O3S2/c1-5(2,3)4/h4H3,(H,1,2,3). The van der Waals surface area contributed by atoms with Crippen molar-refractivity contribution in [1.29, 1.82) is 0 Å². The van der Waals surface area contributed by atoms with Crippen molar-refractivity contribution >= 4 is 20.8 Å². The monoisotopic (exact) mass is 116 g/mol. The van der Waals surface area contributed by atoms with Gasteiger partial charge in [0.1, 0.15) is 0 Å². The molecule has 0 spiro atoms. The first-order valence-electron chi connectivity index (χ1n) is 0.752. The maximum atomic E-state index is 9.15. The highest BCUT2D eigenvalue weighted by Gasteiger charge is 1.80. The van der Waals surface area contributed by atoms with Crippen LogP contribution in [-0.2, 0) is 9.15 Å². The lowest BCUT2D eigenvalue weighted by Gasteiger charge is -1.71. The summed E-state index contributed by atoms with van der Waals surface area (Å²) in [5.74, 6) is 0. The Morgan fingerprint density at radius 1 is 1.60 bits per heavy atom. The van der Waals surface area contributed by atoms with Gasteiger partial charge in [-0.1, -0.05) is 0 Å². The van der Waals surface area contributed by atoms with Crippen LogP contribution in [0.4, 0.5) is 0 Å². The molecule has 0 aromatic heterocycles. The molecular weight excluding hydrogens is 112 g/mol. The van der Waals surface area contributed by atoms with Crippen LogP contribution in [0.2, 0.25) is 0 Å². The molecule has 0 aliphatic heterocycles. The Balaban J connectivity index is 4.06. The smallest absolute Gasteiger partial charge is 0.279 e. The molecule has 0 radical (unpaired) electrons. The largest absolute Gasteiger partial charge is 0.294 e. The Morgan fingerprint density at radius 3 is 1.60 bits per heavy atom. The lowest BCUT2D eigenvalue weighted by molar-refractivity contribution is 0.503. The molecule has 0 aromatic rings. The van der Waals surface area contributed by atoms with Crippen LogP contribution < -0.4 is 0 Å². The van der Waals surface area contributed by atoms with Gasteiger partial charge in [0.2, 0.25) is 0 Å². The second-order valence-electron chi connectivity index (χ2n) is 0.515. The molecule has 0 atom stereocenters. The van der Waals surface area contributed by atoms with Crippen molar-refractivity contribution in [2.45, 2.75) is 0 Å². The van der Waals surface area contributed by atoms with E-state index in [0.29, 0.717) is 0 Å². The van der Waals surface area contributed by atoms with E-state index in [0.717, 1.165) is 0 Å². The fourth-order valence-electron chi connectivity index (χ4n) is 0. The lowest BCUT2D eigenvalue weighted by atomic mass is 15.9. The molecule has 3 nitrogen and oxygen atoms in total. The van der Waals surface area contributed by atoms with Gasteiger partial charge in [-0.15, -0.1) is 0 Å². The van der Waals surface area contributed by atoms with E-state index in [4.69, 9.17) is 13.0 Å². The molecule has 34 valence electrons. The van der Waals surface area contributed by atoms with Crippen LogP contribution >= 0.6 is 11.7 Å². The van der Waals surface area contributed by atoms with E-state index in [1.165, 1.54) is 11.7 Å². The van der Waals surface area contributed by atoms with E-state index in [1.54, 1.807) is 0 Å². The van der Waals surface area contributed by atoms with Crippen molar-refractivity contribution in [2.24, 2.45) is 0 Å². The molecule has 0 unspecified atom stereocenters. The van der Waals surface area contributed by atoms with Crippen LogP contribution in [0.3, 0.4) is 0 Å². The molecule has 5 heavy (non-hydrogen) atoms. The average Bonchev–Trinajstić information content (AvgIpc) is 0.722. The summed E-state index contributed by atoms with van der Waals surface area (Å²) < 4.78 is 25.8. The van der Waals surface area contributed by atoms with E-state index in [9.17, 15) is 0 Å². The predicted octanol–water partition coefficient (Wildman–Crippen LogP) is -0.816. The second kappa shape index (κ2) is 1.16. The summed E-state index contributed by atoms with van der Waals surface area (Å²) in [6.45, 7) is 0. The van der Waals surface area contributed by atoms with Crippen LogP contribution in [0, 0.1) is 0 Å². The molecule has 0 amide bonds. The third-order valence-electron chi connectivity index (χ3n) is 0. The van der Waals surface area contributed by atoms with Gasteiger partial charge in [0.05, 0.1) is 0 Å². The van der Waals surface area contributed by atoms with Gasteiger partial charge in [0, 0.05) is 0 Å². The van der Waals surface area contributed by atoms with Crippen molar-refractivity contribution in [1.82, 2.24) is 0 Å². The van der Waals surface area contributed by atoms with Gasteiger partial charge in [0.25, 0.3) is 9.15 Å². The first kappa shape index (κ1) is 5.26. The Hall–Kier alpha value is 0.260. The van der Waals surface area contributed by atoms with Crippen molar-refractivity contribution in [2.75, 3.05) is 0 Å². The van der Waals surface area contributed by atoms with Gasteiger partial charge in [-0.25, -0.2) is 0 Å². The number of hydrogen-bond donors (Lipinski definition) is 1. The third kappa shape index (κ3) is 322. The quantitative estimate of drug-likeness (QED) is 0.332. The molecule has 5 heteroatoms. The zero-order valence-corrected chi connectivity index (χ0v) is 4.22. The molecule has 0 fully saturated rings. The molecular formula is H4O3S2. The molecule has 0 aliphatic carbocycles. The summed E-state index contributed by atoms with van der Waals surface area (Å²) in [7, 11) is -3.75. The predicted molar refractivity (Wildman–Crippen MR) is 23.3 cm³/mol. The van der Waals surface area contributed by atoms with E-state index in [-0.39, 0.29) is 0 Å². The number of rotatable bonds is 0. The molecule has 0 heterocycles. The van der Waals surface area contributed by atoms with Crippen LogP contribution in [0.25, 0.3) is 0 Å². The van der Waals surface area contributed by atoms with Gasteiger partial charge in [-0.05, 0) is 0 Å². The highest BCUT2D eigenvalue weighted by atomic mass is 33.1. The van der Waals surface area contributed by atoms with Crippen LogP contribution in [0.1, 0.15) is 0 Å². The summed E-state index contributed by atoms with van der Waals surface area (Å²) in [6, 6.07) is 0. The lowest BCUT2D eigenvalue weighted by Crippen LogP contribution is -1.78. The molecule has 1 N–H and O–H groups in total. The fraction of sp³-hybridized carbons (Fsp3) is 0. The average molecular weight is 116 g/mol. The zero-order chi connectivity index (χ0) is 4.50.